The first-order chi connectivity index (χ1) is 12.1. The molecule has 0 heterocycles. The molecule has 1 N–H and O–H groups in total. The summed E-state index contributed by atoms with van der Waals surface area (Å²) in [7, 11) is 0. The summed E-state index contributed by atoms with van der Waals surface area (Å²) in [6.45, 7) is 0.233. The zero-order chi connectivity index (χ0) is 17.6. The number of rotatable bonds is 6. The summed E-state index contributed by atoms with van der Waals surface area (Å²) in [5, 5.41) is 11.2. The molecule has 0 aliphatic rings. The van der Waals surface area contributed by atoms with Gasteiger partial charge >= 0.3 is 5.97 Å². The molecule has 0 saturated heterocycles. The number of carboxylic acid groups (broad SMARTS) is 1. The molecule has 0 saturated carbocycles. The van der Waals surface area contributed by atoms with E-state index in [-0.39, 0.29) is 17.9 Å². The van der Waals surface area contributed by atoms with Gasteiger partial charge in [-0.25, -0.2) is 4.79 Å². The molecule has 0 radical (unpaired) electrons. The van der Waals surface area contributed by atoms with Gasteiger partial charge in [0.25, 0.3) is 5.78 Å². The molecule has 0 aromatic heterocycles. The van der Waals surface area contributed by atoms with Crippen molar-refractivity contribution < 1.29 is 19.4 Å². The van der Waals surface area contributed by atoms with E-state index >= 15 is 0 Å². The van der Waals surface area contributed by atoms with Crippen molar-refractivity contribution in [3.05, 3.63) is 83.9 Å². The second-order valence-electron chi connectivity index (χ2n) is 5.45. The van der Waals surface area contributed by atoms with Crippen molar-refractivity contribution in [1.82, 2.24) is 0 Å². The highest BCUT2D eigenvalue weighted by Gasteiger charge is 2.18. The van der Waals surface area contributed by atoms with Crippen molar-refractivity contribution in [2.75, 3.05) is 6.61 Å². The van der Waals surface area contributed by atoms with Gasteiger partial charge in [-0.05, 0) is 40.6 Å². The van der Waals surface area contributed by atoms with Crippen LogP contribution in [-0.4, -0.2) is 23.5 Å². The summed E-state index contributed by atoms with van der Waals surface area (Å²) in [6.07, 6.45) is 3.75. The number of carbonyl (C=O) groups is 2. The minimum absolute atomic E-state index is 0.0501. The second-order valence-corrected chi connectivity index (χ2v) is 5.45. The summed E-state index contributed by atoms with van der Waals surface area (Å²) in [5.74, 6) is -2.21. The Labute approximate surface area is 145 Å². The predicted molar refractivity (Wildman–Crippen MR) is 96.9 cm³/mol. The van der Waals surface area contributed by atoms with Gasteiger partial charge in [0.05, 0.1) is 5.56 Å². The highest BCUT2D eigenvalue weighted by molar-refractivity contribution is 6.40. The van der Waals surface area contributed by atoms with E-state index in [0.717, 1.165) is 10.9 Å². The fraction of sp³-hybridized carbons (Fsp3) is 0.0476. The number of benzene rings is 3. The lowest BCUT2D eigenvalue weighted by molar-refractivity contribution is -0.131. The number of carbonyl (C=O) groups excluding carboxylic acids is 1. The number of para-hydroxylation sites is 1. The maximum absolute atomic E-state index is 11.6. The van der Waals surface area contributed by atoms with Crippen LogP contribution in [0.1, 0.15) is 15.9 Å². The topological polar surface area (TPSA) is 63.6 Å². The van der Waals surface area contributed by atoms with E-state index in [1.165, 1.54) is 11.5 Å². The third-order valence-corrected chi connectivity index (χ3v) is 3.74. The Bertz CT molecular complexity index is 957. The molecule has 0 amide bonds. The second kappa shape index (κ2) is 7.45. The third kappa shape index (κ3) is 3.93. The number of carboxylic acids is 1. The fourth-order valence-corrected chi connectivity index (χ4v) is 2.53. The average Bonchev–Trinajstić information content (AvgIpc) is 2.64. The SMILES string of the molecule is O=C(O)C(=O)c1ccccc1OCC=Cc1ccc2ccccc2c1. The first-order valence-electron chi connectivity index (χ1n) is 7.80. The van der Waals surface area contributed by atoms with Crippen LogP contribution >= 0.6 is 0 Å². The number of hydrogen-bond donors (Lipinski definition) is 1. The van der Waals surface area contributed by atoms with Crippen molar-refractivity contribution >= 4 is 28.6 Å². The van der Waals surface area contributed by atoms with Gasteiger partial charge in [-0.3, -0.25) is 4.79 Å². The van der Waals surface area contributed by atoms with Crippen molar-refractivity contribution in [2.24, 2.45) is 0 Å². The molecule has 3 aromatic rings. The Balaban J connectivity index is 1.69. The number of ether oxygens (including phenoxy) is 1. The van der Waals surface area contributed by atoms with E-state index in [0.29, 0.717) is 0 Å². The van der Waals surface area contributed by atoms with Gasteiger partial charge in [-0.1, -0.05) is 54.6 Å². The van der Waals surface area contributed by atoms with Crippen LogP contribution < -0.4 is 4.74 Å². The Morgan fingerprint density at radius 1 is 0.920 bits per heavy atom. The Kier molecular flexibility index (Phi) is 4.90. The average molecular weight is 332 g/mol. The molecule has 0 atom stereocenters. The lowest BCUT2D eigenvalue weighted by Gasteiger charge is -2.07. The van der Waals surface area contributed by atoms with Crippen molar-refractivity contribution in [1.29, 1.82) is 0 Å². The summed E-state index contributed by atoms with van der Waals surface area (Å²) >= 11 is 0. The van der Waals surface area contributed by atoms with E-state index < -0.39 is 11.8 Å². The molecule has 3 rings (SSSR count). The van der Waals surface area contributed by atoms with E-state index in [4.69, 9.17) is 9.84 Å². The van der Waals surface area contributed by atoms with Gasteiger partial charge < -0.3 is 9.84 Å². The molecule has 0 fully saturated rings. The number of hydrogen-bond acceptors (Lipinski definition) is 3. The van der Waals surface area contributed by atoms with Crippen LogP contribution in [0.5, 0.6) is 5.75 Å². The molecule has 0 unspecified atom stereocenters. The summed E-state index contributed by atoms with van der Waals surface area (Å²) in [4.78, 5) is 22.5. The van der Waals surface area contributed by atoms with E-state index in [1.54, 1.807) is 18.2 Å². The number of Topliss-reactive ketones (excluding diaryl/α,β-unsaturated/α-hetero) is 1. The summed E-state index contributed by atoms with van der Waals surface area (Å²) in [5.41, 5.74) is 1.09. The zero-order valence-electron chi connectivity index (χ0n) is 13.4. The molecule has 0 spiro atoms. The molecule has 25 heavy (non-hydrogen) atoms. The molecule has 3 aromatic carbocycles. The van der Waals surface area contributed by atoms with Crippen molar-refractivity contribution in [3.63, 3.8) is 0 Å². The van der Waals surface area contributed by atoms with Gasteiger partial charge in [0.2, 0.25) is 0 Å². The molecule has 0 aliphatic heterocycles. The highest BCUT2D eigenvalue weighted by atomic mass is 16.5. The first kappa shape index (κ1) is 16.5. The van der Waals surface area contributed by atoms with Gasteiger partial charge in [-0.2, -0.15) is 0 Å². The fourth-order valence-electron chi connectivity index (χ4n) is 2.53. The minimum atomic E-state index is -1.50. The smallest absolute Gasteiger partial charge is 0.377 e. The van der Waals surface area contributed by atoms with E-state index in [9.17, 15) is 9.59 Å². The number of aliphatic carboxylic acids is 1. The first-order valence-corrected chi connectivity index (χ1v) is 7.80. The third-order valence-electron chi connectivity index (χ3n) is 3.74. The quantitative estimate of drug-likeness (QED) is 0.543. The maximum Gasteiger partial charge on any atom is 0.377 e. The predicted octanol–water partition coefficient (Wildman–Crippen LogP) is 4.20. The molecular formula is C21H16O4. The van der Waals surface area contributed by atoms with Crippen LogP contribution in [0.4, 0.5) is 0 Å². The standard InChI is InChI=1S/C21H16O4/c22-20(21(23)24)18-9-3-4-10-19(18)25-13-5-6-15-11-12-16-7-1-2-8-17(16)14-15/h1-12,14H,13H2,(H,23,24). The largest absolute Gasteiger partial charge is 0.489 e. The van der Waals surface area contributed by atoms with Crippen LogP contribution in [0.15, 0.2) is 72.8 Å². The summed E-state index contributed by atoms with van der Waals surface area (Å²) < 4.78 is 5.55. The molecule has 124 valence electrons. The lowest BCUT2D eigenvalue weighted by Crippen LogP contribution is -2.14. The minimum Gasteiger partial charge on any atom is -0.489 e. The molecule has 4 heteroatoms. The van der Waals surface area contributed by atoms with Gasteiger partial charge in [-0.15, -0.1) is 0 Å². The van der Waals surface area contributed by atoms with Crippen LogP contribution in [-0.2, 0) is 4.79 Å². The molecule has 0 bridgehead atoms. The van der Waals surface area contributed by atoms with Crippen molar-refractivity contribution in [2.45, 2.75) is 0 Å². The van der Waals surface area contributed by atoms with E-state index in [1.807, 2.05) is 30.4 Å². The monoisotopic (exact) mass is 332 g/mol. The Morgan fingerprint density at radius 2 is 1.64 bits per heavy atom. The Hall–Kier alpha value is -3.40. The zero-order valence-corrected chi connectivity index (χ0v) is 13.4. The maximum atomic E-state index is 11.6. The Morgan fingerprint density at radius 3 is 2.44 bits per heavy atom. The van der Waals surface area contributed by atoms with Crippen LogP contribution in [0.25, 0.3) is 16.8 Å². The number of ketones is 1. The summed E-state index contributed by atoms with van der Waals surface area (Å²) in [6, 6.07) is 20.6. The van der Waals surface area contributed by atoms with Crippen molar-refractivity contribution in [3.8, 4) is 5.75 Å². The lowest BCUT2D eigenvalue weighted by atomic mass is 10.1. The number of fused-ring (bicyclic) bond motifs is 1. The van der Waals surface area contributed by atoms with Crippen LogP contribution in [0.3, 0.4) is 0 Å². The molecule has 0 aliphatic carbocycles. The molecule has 4 nitrogen and oxygen atoms in total. The van der Waals surface area contributed by atoms with Gasteiger partial charge in [0.15, 0.2) is 0 Å². The normalized spacial score (nSPS) is 10.9. The van der Waals surface area contributed by atoms with Gasteiger partial charge in [0, 0.05) is 0 Å². The van der Waals surface area contributed by atoms with Crippen LogP contribution in [0, 0.1) is 0 Å². The molecular weight excluding hydrogens is 316 g/mol. The van der Waals surface area contributed by atoms with Gasteiger partial charge in [0.1, 0.15) is 12.4 Å². The van der Waals surface area contributed by atoms with E-state index in [2.05, 4.69) is 24.3 Å². The van der Waals surface area contributed by atoms with Crippen LogP contribution in [0.2, 0.25) is 0 Å². The highest BCUT2D eigenvalue weighted by Crippen LogP contribution is 2.19.